The van der Waals surface area contributed by atoms with Crippen LogP contribution in [0.1, 0.15) is 36.8 Å². The van der Waals surface area contributed by atoms with Gasteiger partial charge >= 0.3 is 0 Å². The van der Waals surface area contributed by atoms with Crippen molar-refractivity contribution in [3.05, 3.63) is 71.8 Å². The molecule has 1 nitrogen and oxygen atoms in total. The Labute approximate surface area is 140 Å². The Balaban J connectivity index is 0.00000176. The Morgan fingerprint density at radius 1 is 0.682 bits per heavy atom. The number of benzene rings is 2. The van der Waals surface area contributed by atoms with Crippen molar-refractivity contribution in [3.63, 3.8) is 0 Å². The second-order valence-corrected chi connectivity index (χ2v) is 6.19. The molecule has 0 bridgehead atoms. The molecule has 1 N–H and O–H groups in total. The van der Waals surface area contributed by atoms with Gasteiger partial charge in [0.05, 0.1) is 0 Å². The fraction of sp³-hybridized carbons (Fsp3) is 0.400. The first-order valence-corrected chi connectivity index (χ1v) is 8.24. The van der Waals surface area contributed by atoms with Crippen molar-refractivity contribution >= 4 is 12.4 Å². The van der Waals surface area contributed by atoms with Crippen LogP contribution in [0.2, 0.25) is 0 Å². The molecule has 2 heteroatoms. The lowest BCUT2D eigenvalue weighted by Gasteiger charge is -2.14. The molecule has 118 valence electrons. The van der Waals surface area contributed by atoms with E-state index in [4.69, 9.17) is 0 Å². The van der Waals surface area contributed by atoms with Crippen molar-refractivity contribution in [3.8, 4) is 0 Å². The predicted octanol–water partition coefficient (Wildman–Crippen LogP) is 4.79. The summed E-state index contributed by atoms with van der Waals surface area (Å²) in [7, 11) is 0. The van der Waals surface area contributed by atoms with Crippen molar-refractivity contribution in [2.75, 3.05) is 0 Å². The molecule has 1 fully saturated rings. The van der Waals surface area contributed by atoms with Gasteiger partial charge in [-0.3, -0.25) is 0 Å². The first-order valence-electron chi connectivity index (χ1n) is 8.24. The van der Waals surface area contributed by atoms with Crippen LogP contribution in [-0.2, 0) is 12.8 Å². The summed E-state index contributed by atoms with van der Waals surface area (Å²) in [5, 5.41) is 3.83. The molecule has 2 aromatic carbocycles. The summed E-state index contributed by atoms with van der Waals surface area (Å²) >= 11 is 0. The summed E-state index contributed by atoms with van der Waals surface area (Å²) in [6.07, 6.45) is 7.62. The quantitative estimate of drug-likeness (QED) is 0.808. The van der Waals surface area contributed by atoms with Gasteiger partial charge in [0.2, 0.25) is 0 Å². The number of hydrogen-bond acceptors (Lipinski definition) is 1. The smallest absolute Gasteiger partial charge is 0.00734 e. The van der Waals surface area contributed by atoms with Crippen LogP contribution in [-0.4, -0.2) is 12.1 Å². The summed E-state index contributed by atoms with van der Waals surface area (Å²) in [5.41, 5.74) is 2.93. The normalized spacial score (nSPS) is 20.5. The van der Waals surface area contributed by atoms with Crippen LogP contribution in [0.4, 0.5) is 0 Å². The molecule has 0 unspecified atom stereocenters. The SMILES string of the molecule is Cl.c1ccc(CC[C@@H]2CC[C@H](CCc3ccccc3)N2)cc1. The molecule has 0 saturated carbocycles. The van der Waals surface area contributed by atoms with E-state index >= 15 is 0 Å². The minimum absolute atomic E-state index is 0. The largest absolute Gasteiger partial charge is 0.311 e. The zero-order valence-corrected chi connectivity index (χ0v) is 13.9. The van der Waals surface area contributed by atoms with Gasteiger partial charge in [-0.05, 0) is 49.7 Å². The number of hydrogen-bond donors (Lipinski definition) is 1. The summed E-state index contributed by atoms with van der Waals surface area (Å²) in [5.74, 6) is 0. The fourth-order valence-electron chi connectivity index (χ4n) is 3.33. The monoisotopic (exact) mass is 315 g/mol. The predicted molar refractivity (Wildman–Crippen MR) is 96.7 cm³/mol. The highest BCUT2D eigenvalue weighted by atomic mass is 35.5. The third-order valence-corrected chi connectivity index (χ3v) is 4.58. The van der Waals surface area contributed by atoms with Gasteiger partial charge in [0.25, 0.3) is 0 Å². The Morgan fingerprint density at radius 3 is 1.50 bits per heavy atom. The second kappa shape index (κ2) is 8.97. The summed E-state index contributed by atoms with van der Waals surface area (Å²) in [4.78, 5) is 0. The first kappa shape index (κ1) is 17.1. The zero-order valence-electron chi connectivity index (χ0n) is 13.1. The average molecular weight is 316 g/mol. The van der Waals surface area contributed by atoms with E-state index in [1.54, 1.807) is 0 Å². The molecule has 0 radical (unpaired) electrons. The molecule has 1 aliphatic rings. The fourth-order valence-corrected chi connectivity index (χ4v) is 3.33. The van der Waals surface area contributed by atoms with E-state index < -0.39 is 0 Å². The highest BCUT2D eigenvalue weighted by Gasteiger charge is 2.22. The average Bonchev–Trinajstić information content (AvgIpc) is 3.01. The molecule has 0 spiro atoms. The van der Waals surface area contributed by atoms with Gasteiger partial charge in [-0.2, -0.15) is 0 Å². The minimum Gasteiger partial charge on any atom is -0.311 e. The van der Waals surface area contributed by atoms with Crippen molar-refractivity contribution in [1.29, 1.82) is 0 Å². The van der Waals surface area contributed by atoms with E-state index in [0.717, 1.165) is 0 Å². The molecule has 1 saturated heterocycles. The number of halogens is 1. The van der Waals surface area contributed by atoms with Crippen molar-refractivity contribution in [2.45, 2.75) is 50.6 Å². The minimum atomic E-state index is 0. The van der Waals surface area contributed by atoms with E-state index in [-0.39, 0.29) is 12.4 Å². The maximum Gasteiger partial charge on any atom is 0.00734 e. The van der Waals surface area contributed by atoms with Gasteiger partial charge in [0.1, 0.15) is 0 Å². The lowest BCUT2D eigenvalue weighted by atomic mass is 10.0. The molecular weight excluding hydrogens is 290 g/mol. The van der Waals surface area contributed by atoms with E-state index in [2.05, 4.69) is 66.0 Å². The molecule has 0 amide bonds. The van der Waals surface area contributed by atoms with E-state index in [9.17, 15) is 0 Å². The van der Waals surface area contributed by atoms with Gasteiger partial charge in [-0.25, -0.2) is 0 Å². The van der Waals surface area contributed by atoms with Crippen molar-refractivity contribution < 1.29 is 0 Å². The van der Waals surface area contributed by atoms with Crippen LogP contribution in [0.3, 0.4) is 0 Å². The zero-order chi connectivity index (χ0) is 14.3. The topological polar surface area (TPSA) is 12.0 Å². The molecule has 1 heterocycles. The molecular formula is C20H26ClN. The standard InChI is InChI=1S/C20H25N.ClH/c1-3-7-17(8-4-1)11-13-19-15-16-20(21-19)14-12-18-9-5-2-6-10-18;/h1-10,19-21H,11-16H2;1H/t19-,20+;. The van der Waals surface area contributed by atoms with Crippen LogP contribution >= 0.6 is 12.4 Å². The van der Waals surface area contributed by atoms with Gasteiger partial charge in [0, 0.05) is 12.1 Å². The molecule has 2 aromatic rings. The molecule has 2 atom stereocenters. The Morgan fingerprint density at radius 2 is 1.09 bits per heavy atom. The Hall–Kier alpha value is -1.31. The van der Waals surface area contributed by atoms with E-state index in [1.165, 1.54) is 49.7 Å². The number of nitrogens with one attached hydrogen (secondary N) is 1. The van der Waals surface area contributed by atoms with Gasteiger partial charge in [-0.15, -0.1) is 12.4 Å². The van der Waals surface area contributed by atoms with Crippen LogP contribution in [0.5, 0.6) is 0 Å². The van der Waals surface area contributed by atoms with Crippen LogP contribution in [0, 0.1) is 0 Å². The molecule has 22 heavy (non-hydrogen) atoms. The van der Waals surface area contributed by atoms with Crippen LogP contribution in [0.25, 0.3) is 0 Å². The first-order chi connectivity index (χ1) is 10.4. The highest BCUT2D eigenvalue weighted by molar-refractivity contribution is 5.85. The van der Waals surface area contributed by atoms with Crippen molar-refractivity contribution in [2.24, 2.45) is 0 Å². The third-order valence-electron chi connectivity index (χ3n) is 4.58. The van der Waals surface area contributed by atoms with Crippen LogP contribution in [0.15, 0.2) is 60.7 Å². The molecule has 3 rings (SSSR count). The van der Waals surface area contributed by atoms with E-state index in [0.29, 0.717) is 12.1 Å². The lowest BCUT2D eigenvalue weighted by Crippen LogP contribution is -2.30. The van der Waals surface area contributed by atoms with E-state index in [1.807, 2.05) is 0 Å². The maximum atomic E-state index is 3.83. The second-order valence-electron chi connectivity index (χ2n) is 6.19. The Kier molecular flexibility index (Phi) is 6.95. The van der Waals surface area contributed by atoms with Crippen LogP contribution < -0.4 is 5.32 Å². The number of rotatable bonds is 6. The maximum absolute atomic E-state index is 3.83. The summed E-state index contributed by atoms with van der Waals surface area (Å²) < 4.78 is 0. The summed E-state index contributed by atoms with van der Waals surface area (Å²) in [6.45, 7) is 0. The van der Waals surface area contributed by atoms with Gasteiger partial charge in [0.15, 0.2) is 0 Å². The highest BCUT2D eigenvalue weighted by Crippen LogP contribution is 2.20. The van der Waals surface area contributed by atoms with Crippen molar-refractivity contribution in [1.82, 2.24) is 5.32 Å². The molecule has 0 aromatic heterocycles. The van der Waals surface area contributed by atoms with Gasteiger partial charge < -0.3 is 5.32 Å². The lowest BCUT2D eigenvalue weighted by molar-refractivity contribution is 0.491. The number of aryl methyl sites for hydroxylation is 2. The van der Waals surface area contributed by atoms with Gasteiger partial charge in [-0.1, -0.05) is 60.7 Å². The third kappa shape index (κ3) is 5.15. The molecule has 0 aliphatic carbocycles. The molecule has 1 aliphatic heterocycles. The summed E-state index contributed by atoms with van der Waals surface area (Å²) in [6, 6.07) is 23.1. The Bertz CT molecular complexity index is 476.